The van der Waals surface area contributed by atoms with Gasteiger partial charge < -0.3 is 35.4 Å². The molecule has 0 spiro atoms. The number of benzene rings is 1. The SMILES string of the molecule is CO[C@@H](C(=O)N[C@@H](C)C(=O)NCC1CC(Cc2ccccc2)C(=O)O1)[C@H](O)[C@@H](O)[C@H](O)/C=C/C(C)(C)C. The Labute approximate surface area is 218 Å². The fourth-order valence-electron chi connectivity index (χ4n) is 3.92. The molecular weight excluding hydrogens is 480 g/mol. The summed E-state index contributed by atoms with van der Waals surface area (Å²) in [6, 6.07) is 8.60. The lowest BCUT2D eigenvalue weighted by Gasteiger charge is -2.28. The van der Waals surface area contributed by atoms with Gasteiger partial charge in [0, 0.05) is 7.11 Å². The number of hydrogen-bond acceptors (Lipinski definition) is 8. The van der Waals surface area contributed by atoms with E-state index in [9.17, 15) is 29.7 Å². The average Bonchev–Trinajstić information content (AvgIpc) is 3.19. The molecule has 1 heterocycles. The Morgan fingerprint density at radius 2 is 1.78 bits per heavy atom. The van der Waals surface area contributed by atoms with E-state index in [2.05, 4.69) is 10.6 Å². The molecule has 0 saturated carbocycles. The van der Waals surface area contributed by atoms with E-state index < -0.39 is 48.4 Å². The molecule has 5 N–H and O–H groups in total. The van der Waals surface area contributed by atoms with Crippen LogP contribution in [0.1, 0.15) is 39.7 Å². The van der Waals surface area contributed by atoms with Crippen molar-refractivity contribution in [3.8, 4) is 0 Å². The van der Waals surface area contributed by atoms with E-state index in [1.807, 2.05) is 51.1 Å². The lowest BCUT2D eigenvalue weighted by molar-refractivity contribution is -0.150. The number of nitrogens with one attached hydrogen (secondary N) is 2. The summed E-state index contributed by atoms with van der Waals surface area (Å²) in [5.41, 5.74) is 0.773. The number of amides is 2. The molecule has 10 heteroatoms. The van der Waals surface area contributed by atoms with Crippen LogP contribution in [0.5, 0.6) is 0 Å². The number of ether oxygens (including phenoxy) is 2. The van der Waals surface area contributed by atoms with Gasteiger partial charge in [-0.05, 0) is 30.7 Å². The molecule has 1 fully saturated rings. The van der Waals surface area contributed by atoms with Crippen LogP contribution in [0.3, 0.4) is 0 Å². The molecule has 1 aliphatic rings. The fraction of sp³-hybridized carbons (Fsp3) is 0.593. The lowest BCUT2D eigenvalue weighted by Crippen LogP contribution is -2.55. The first-order chi connectivity index (χ1) is 17.3. The molecule has 1 aromatic rings. The number of carbonyl (C=O) groups is 3. The summed E-state index contributed by atoms with van der Waals surface area (Å²) in [4.78, 5) is 37.4. The zero-order chi connectivity index (χ0) is 27.8. The molecule has 0 radical (unpaired) electrons. The number of methoxy groups -OCH3 is 1. The normalized spacial score (nSPS) is 22.1. The highest BCUT2D eigenvalue weighted by molar-refractivity contribution is 5.89. The van der Waals surface area contributed by atoms with Gasteiger partial charge in [-0.25, -0.2) is 0 Å². The van der Waals surface area contributed by atoms with Gasteiger partial charge >= 0.3 is 5.97 Å². The molecule has 1 aromatic carbocycles. The third-order valence-corrected chi connectivity index (χ3v) is 6.06. The molecule has 0 aromatic heterocycles. The quantitative estimate of drug-likeness (QED) is 0.197. The van der Waals surface area contributed by atoms with Crippen LogP contribution >= 0.6 is 0 Å². The van der Waals surface area contributed by atoms with Crippen LogP contribution in [0.2, 0.25) is 0 Å². The number of esters is 1. The molecule has 7 atom stereocenters. The first-order valence-corrected chi connectivity index (χ1v) is 12.4. The van der Waals surface area contributed by atoms with Gasteiger partial charge in [0.1, 0.15) is 30.5 Å². The monoisotopic (exact) mass is 520 g/mol. The number of hydrogen-bond donors (Lipinski definition) is 5. The van der Waals surface area contributed by atoms with E-state index >= 15 is 0 Å². The van der Waals surface area contributed by atoms with Crippen LogP contribution in [0.4, 0.5) is 0 Å². The molecule has 2 unspecified atom stereocenters. The Bertz CT molecular complexity index is 930. The van der Waals surface area contributed by atoms with Crippen LogP contribution in [0.15, 0.2) is 42.5 Å². The minimum atomic E-state index is -1.75. The molecule has 10 nitrogen and oxygen atoms in total. The first-order valence-electron chi connectivity index (χ1n) is 12.4. The van der Waals surface area contributed by atoms with Gasteiger partial charge in [-0.15, -0.1) is 0 Å². The number of aliphatic hydroxyl groups is 3. The maximum Gasteiger partial charge on any atom is 0.309 e. The van der Waals surface area contributed by atoms with Gasteiger partial charge in [0.15, 0.2) is 6.10 Å². The topological polar surface area (TPSA) is 154 Å². The second kappa shape index (κ2) is 13.7. The van der Waals surface area contributed by atoms with Gasteiger partial charge in [0.2, 0.25) is 5.91 Å². The van der Waals surface area contributed by atoms with E-state index in [-0.39, 0.29) is 23.8 Å². The molecule has 0 aliphatic carbocycles. The third kappa shape index (κ3) is 9.55. The Hall–Kier alpha value is -2.79. The molecular formula is C27H40N2O8. The summed E-state index contributed by atoms with van der Waals surface area (Å²) in [6.45, 7) is 7.24. The maximum atomic E-state index is 12.6. The largest absolute Gasteiger partial charge is 0.460 e. The van der Waals surface area contributed by atoms with Gasteiger partial charge in [0.05, 0.1) is 12.5 Å². The average molecular weight is 521 g/mol. The van der Waals surface area contributed by atoms with Crippen molar-refractivity contribution in [1.82, 2.24) is 10.6 Å². The van der Waals surface area contributed by atoms with Crippen LogP contribution in [-0.4, -0.2) is 83.3 Å². The van der Waals surface area contributed by atoms with Crippen LogP contribution in [0, 0.1) is 11.3 Å². The molecule has 37 heavy (non-hydrogen) atoms. The summed E-state index contributed by atoms with van der Waals surface area (Å²) in [5.74, 6) is -1.95. The van der Waals surface area contributed by atoms with E-state index in [0.717, 1.165) is 5.56 Å². The Morgan fingerprint density at radius 3 is 2.38 bits per heavy atom. The highest BCUT2D eigenvalue weighted by Crippen LogP contribution is 2.24. The van der Waals surface area contributed by atoms with Crippen molar-refractivity contribution in [3.05, 3.63) is 48.0 Å². The number of allylic oxidation sites excluding steroid dienone is 1. The fourth-order valence-corrected chi connectivity index (χ4v) is 3.92. The lowest BCUT2D eigenvalue weighted by atomic mass is 9.94. The summed E-state index contributed by atoms with van der Waals surface area (Å²) in [6.07, 6.45) is -2.83. The van der Waals surface area contributed by atoms with Gasteiger partial charge in [-0.1, -0.05) is 63.3 Å². The predicted molar refractivity (Wildman–Crippen MR) is 136 cm³/mol. The van der Waals surface area contributed by atoms with E-state index in [1.54, 1.807) is 6.08 Å². The highest BCUT2D eigenvalue weighted by Gasteiger charge is 2.37. The summed E-state index contributed by atoms with van der Waals surface area (Å²) in [5, 5.41) is 36.0. The van der Waals surface area contributed by atoms with Crippen molar-refractivity contribution in [2.24, 2.45) is 11.3 Å². The van der Waals surface area contributed by atoms with Crippen molar-refractivity contribution in [2.45, 2.75) is 77.1 Å². The van der Waals surface area contributed by atoms with Crippen molar-refractivity contribution < 1.29 is 39.2 Å². The molecule has 2 amide bonds. The second-order valence-electron chi connectivity index (χ2n) is 10.5. The number of carbonyl (C=O) groups excluding carboxylic acids is 3. The standard InChI is InChI=1S/C27H40N2O8/c1-16(29-25(34)23(36-5)22(32)21(31)20(30)11-12-27(2,3)4)24(33)28-15-19-14-18(26(35)37-19)13-17-9-7-6-8-10-17/h6-12,16,18-23,30-32H,13-15H2,1-5H3,(H,28,33)(H,29,34)/b12-11+/t16-,18?,19?,20+,21-,22+,23+/m0/s1. The third-order valence-electron chi connectivity index (χ3n) is 6.06. The maximum absolute atomic E-state index is 12.6. The van der Waals surface area contributed by atoms with E-state index in [0.29, 0.717) is 12.8 Å². The van der Waals surface area contributed by atoms with Crippen LogP contribution < -0.4 is 10.6 Å². The van der Waals surface area contributed by atoms with Crippen molar-refractivity contribution in [3.63, 3.8) is 0 Å². The van der Waals surface area contributed by atoms with E-state index in [4.69, 9.17) is 9.47 Å². The van der Waals surface area contributed by atoms with Crippen molar-refractivity contribution >= 4 is 17.8 Å². The molecule has 1 aliphatic heterocycles. The molecule has 1 saturated heterocycles. The minimum absolute atomic E-state index is 0.0947. The number of rotatable bonds is 12. The summed E-state index contributed by atoms with van der Waals surface area (Å²) < 4.78 is 10.4. The Balaban J connectivity index is 1.84. The number of cyclic esters (lactones) is 1. The molecule has 206 valence electrons. The van der Waals surface area contributed by atoms with Crippen molar-refractivity contribution in [2.75, 3.05) is 13.7 Å². The summed E-state index contributed by atoms with van der Waals surface area (Å²) >= 11 is 0. The Kier molecular flexibility index (Phi) is 11.2. The highest BCUT2D eigenvalue weighted by atomic mass is 16.6. The predicted octanol–water partition coefficient (Wildman–Crippen LogP) is 0.482. The molecule has 2 rings (SSSR count). The zero-order valence-corrected chi connectivity index (χ0v) is 22.1. The summed E-state index contributed by atoms with van der Waals surface area (Å²) in [7, 11) is 1.17. The minimum Gasteiger partial charge on any atom is -0.460 e. The zero-order valence-electron chi connectivity index (χ0n) is 22.1. The van der Waals surface area contributed by atoms with E-state index in [1.165, 1.54) is 20.1 Å². The first kappa shape index (κ1) is 30.4. The van der Waals surface area contributed by atoms with Crippen LogP contribution in [0.25, 0.3) is 0 Å². The Morgan fingerprint density at radius 1 is 1.14 bits per heavy atom. The second-order valence-corrected chi connectivity index (χ2v) is 10.5. The molecule has 0 bridgehead atoms. The van der Waals surface area contributed by atoms with Crippen molar-refractivity contribution in [1.29, 1.82) is 0 Å². The van der Waals surface area contributed by atoms with Gasteiger partial charge in [0.25, 0.3) is 5.91 Å². The van der Waals surface area contributed by atoms with Gasteiger partial charge in [-0.2, -0.15) is 0 Å². The van der Waals surface area contributed by atoms with Gasteiger partial charge in [-0.3, -0.25) is 14.4 Å². The van der Waals surface area contributed by atoms with Crippen LogP contribution in [-0.2, 0) is 30.3 Å². The number of aliphatic hydroxyl groups excluding tert-OH is 3. The smallest absolute Gasteiger partial charge is 0.309 e.